The molecule has 0 spiro atoms. The van der Waals surface area contributed by atoms with Crippen LogP contribution in [-0.4, -0.2) is 11.9 Å². The third-order valence-electron chi connectivity index (χ3n) is 7.50. The molecule has 0 aliphatic heterocycles. The zero-order chi connectivity index (χ0) is 27.4. The van der Waals surface area contributed by atoms with E-state index in [1.165, 1.54) is 112 Å². The zero-order valence-electron chi connectivity index (χ0n) is 25.5. The molecule has 0 radical (unpaired) electrons. The number of hydrogen-bond donors (Lipinski definition) is 0. The van der Waals surface area contributed by atoms with E-state index in [2.05, 4.69) is 71.0 Å². The molecule has 2 nitrogen and oxygen atoms in total. The van der Waals surface area contributed by atoms with Crippen LogP contribution in [0, 0.1) is 0 Å². The number of benzene rings is 2. The van der Waals surface area contributed by atoms with Gasteiger partial charge in [-0.2, -0.15) is 0 Å². The number of hydrogen-bond acceptors (Lipinski definition) is 2. The molecule has 0 amide bonds. The Morgan fingerprint density at radius 3 is 1.53 bits per heavy atom. The molecule has 0 aliphatic rings. The van der Waals surface area contributed by atoms with Gasteiger partial charge in [0.25, 0.3) is 0 Å². The Labute approximate surface area is 235 Å². The first-order valence-corrected chi connectivity index (χ1v) is 16.0. The van der Waals surface area contributed by atoms with Gasteiger partial charge in [0.1, 0.15) is 0 Å². The molecule has 0 saturated heterocycles. The highest BCUT2D eigenvalue weighted by molar-refractivity contribution is 6.31. The lowest BCUT2D eigenvalue weighted by atomic mass is 9.97. The van der Waals surface area contributed by atoms with Crippen molar-refractivity contribution in [2.45, 2.75) is 144 Å². The van der Waals surface area contributed by atoms with Crippen molar-refractivity contribution in [3.63, 3.8) is 0 Å². The van der Waals surface area contributed by atoms with Gasteiger partial charge in [0.05, 0.1) is 17.1 Å². The molecule has 38 heavy (non-hydrogen) atoms. The highest BCUT2D eigenvalue weighted by atomic mass is 14.8. The lowest BCUT2D eigenvalue weighted by Gasteiger charge is -2.11. The van der Waals surface area contributed by atoms with Gasteiger partial charge in [0, 0.05) is 6.21 Å². The van der Waals surface area contributed by atoms with Crippen LogP contribution in [0.4, 0.5) is 11.4 Å². The molecule has 2 aromatic rings. The van der Waals surface area contributed by atoms with E-state index in [4.69, 9.17) is 9.98 Å². The third-order valence-corrected chi connectivity index (χ3v) is 7.50. The van der Waals surface area contributed by atoms with Crippen molar-refractivity contribution < 1.29 is 0 Å². The predicted molar refractivity (Wildman–Crippen MR) is 171 cm³/mol. The summed E-state index contributed by atoms with van der Waals surface area (Å²) in [7, 11) is 0. The number of aryl methyl sites for hydroxylation is 4. The summed E-state index contributed by atoms with van der Waals surface area (Å²) in [6, 6.07) is 13.8. The largest absolute Gasteiger partial charge is 0.255 e. The molecule has 2 rings (SSSR count). The molecular weight excluding hydrogens is 460 g/mol. The van der Waals surface area contributed by atoms with Crippen molar-refractivity contribution in [2.24, 2.45) is 9.98 Å². The van der Waals surface area contributed by atoms with Crippen LogP contribution in [0.3, 0.4) is 0 Å². The van der Waals surface area contributed by atoms with Gasteiger partial charge in [-0.3, -0.25) is 9.98 Å². The summed E-state index contributed by atoms with van der Waals surface area (Å²) in [5, 5.41) is 0. The number of nitrogens with zero attached hydrogens (tertiary/aromatic N) is 2. The fourth-order valence-electron chi connectivity index (χ4n) is 4.99. The molecular formula is C36H56N2. The normalized spacial score (nSPS) is 12.1. The summed E-state index contributed by atoms with van der Waals surface area (Å²) in [5.74, 6) is 0. The van der Waals surface area contributed by atoms with Crippen molar-refractivity contribution in [2.75, 3.05) is 0 Å². The average Bonchev–Trinajstić information content (AvgIpc) is 2.94. The highest BCUT2D eigenvalue weighted by Gasteiger charge is 2.07. The summed E-state index contributed by atoms with van der Waals surface area (Å²) >= 11 is 0. The minimum absolute atomic E-state index is 0.989. The zero-order valence-corrected chi connectivity index (χ0v) is 25.5. The van der Waals surface area contributed by atoms with Crippen molar-refractivity contribution in [3.8, 4) is 0 Å². The van der Waals surface area contributed by atoms with E-state index in [1.807, 2.05) is 6.21 Å². The van der Waals surface area contributed by atoms with E-state index in [-0.39, 0.29) is 0 Å². The van der Waals surface area contributed by atoms with Crippen LogP contribution in [0.2, 0.25) is 0 Å². The quantitative estimate of drug-likeness (QED) is 0.123. The summed E-state index contributed by atoms with van der Waals surface area (Å²) < 4.78 is 0. The summed E-state index contributed by atoms with van der Waals surface area (Å²) in [6.45, 7) is 11.4. The number of aliphatic imine (C=N–C) groups is 2. The fourth-order valence-corrected chi connectivity index (χ4v) is 4.99. The van der Waals surface area contributed by atoms with Crippen LogP contribution in [0.1, 0.15) is 140 Å². The van der Waals surface area contributed by atoms with Gasteiger partial charge < -0.3 is 0 Å². The second-order valence-corrected chi connectivity index (χ2v) is 11.0. The van der Waals surface area contributed by atoms with Gasteiger partial charge in [-0.1, -0.05) is 91.7 Å². The Morgan fingerprint density at radius 1 is 0.526 bits per heavy atom. The van der Waals surface area contributed by atoms with Gasteiger partial charge >= 0.3 is 0 Å². The third kappa shape index (κ3) is 12.1. The molecule has 2 heteroatoms. The predicted octanol–water partition coefficient (Wildman–Crippen LogP) is 11.5. The number of unbranched alkanes of at least 4 members (excludes halogenated alkanes) is 7. The van der Waals surface area contributed by atoms with E-state index >= 15 is 0 Å². The Bertz CT molecular complexity index is 969. The van der Waals surface area contributed by atoms with Crippen molar-refractivity contribution >= 4 is 23.3 Å². The van der Waals surface area contributed by atoms with Crippen LogP contribution in [0.25, 0.3) is 0 Å². The van der Waals surface area contributed by atoms with Crippen LogP contribution >= 0.6 is 0 Å². The number of rotatable bonds is 20. The van der Waals surface area contributed by atoms with Crippen molar-refractivity contribution in [3.05, 3.63) is 58.7 Å². The average molecular weight is 517 g/mol. The van der Waals surface area contributed by atoms with Gasteiger partial charge in [-0.05, 0) is 111 Å². The van der Waals surface area contributed by atoms with Crippen LogP contribution in [0.15, 0.2) is 46.4 Å². The van der Waals surface area contributed by atoms with Crippen molar-refractivity contribution in [1.29, 1.82) is 0 Å². The van der Waals surface area contributed by atoms with Crippen molar-refractivity contribution in [1.82, 2.24) is 0 Å². The molecule has 2 aromatic carbocycles. The second kappa shape index (κ2) is 19.8. The van der Waals surface area contributed by atoms with Gasteiger partial charge in [-0.25, -0.2) is 0 Å². The molecule has 0 saturated carbocycles. The van der Waals surface area contributed by atoms with Crippen LogP contribution in [-0.2, 0) is 25.7 Å². The van der Waals surface area contributed by atoms with Crippen LogP contribution < -0.4 is 0 Å². The Kier molecular flexibility index (Phi) is 16.7. The Balaban J connectivity index is 2.32. The first-order chi connectivity index (χ1) is 18.6. The molecule has 0 fully saturated rings. The molecule has 0 aliphatic carbocycles. The second-order valence-electron chi connectivity index (χ2n) is 11.0. The first-order valence-electron chi connectivity index (χ1n) is 16.0. The fraction of sp³-hybridized carbons (Fsp3) is 0.611. The maximum absolute atomic E-state index is 5.16. The molecule has 0 heterocycles. The Hall–Kier alpha value is -2.22. The summed E-state index contributed by atoms with van der Waals surface area (Å²) in [6.07, 6.45) is 22.6. The van der Waals surface area contributed by atoms with Crippen LogP contribution in [0.5, 0.6) is 0 Å². The highest BCUT2D eigenvalue weighted by Crippen LogP contribution is 2.24. The maximum atomic E-state index is 5.16. The smallest absolute Gasteiger partial charge is 0.0636 e. The minimum atomic E-state index is 0.989. The maximum Gasteiger partial charge on any atom is 0.0636 e. The lowest BCUT2D eigenvalue weighted by Crippen LogP contribution is -2.01. The SMILES string of the molecule is CCCCCCC(/C=N/c1ccc(CCCC)c(CCCC)c1)=N\c1ccc(CCCC)c(CCCC)c1. The standard InChI is InChI=1S/C36H56N2/c1-6-11-16-17-22-36(38-35-26-24-31(19-13-8-3)33(28-35)21-15-10-5)29-37-34-25-23-30(18-12-7-2)32(27-34)20-14-9-4/h23-29H,6-22H2,1-5H3/b37-29+,38-36+. The topological polar surface area (TPSA) is 24.7 Å². The molecule has 0 bridgehead atoms. The Morgan fingerprint density at radius 2 is 1.00 bits per heavy atom. The monoisotopic (exact) mass is 516 g/mol. The van der Waals surface area contributed by atoms with E-state index in [9.17, 15) is 0 Å². The summed E-state index contributed by atoms with van der Waals surface area (Å²) in [4.78, 5) is 10.1. The van der Waals surface area contributed by atoms with E-state index < -0.39 is 0 Å². The molecule has 0 atom stereocenters. The molecule has 0 N–H and O–H groups in total. The molecule has 0 unspecified atom stereocenters. The minimum Gasteiger partial charge on any atom is -0.255 e. The molecule has 0 aromatic heterocycles. The van der Waals surface area contributed by atoms with Gasteiger partial charge in [0.15, 0.2) is 0 Å². The van der Waals surface area contributed by atoms with E-state index in [1.54, 1.807) is 0 Å². The molecule has 210 valence electrons. The van der Waals surface area contributed by atoms with E-state index in [0.717, 1.165) is 36.3 Å². The lowest BCUT2D eigenvalue weighted by molar-refractivity contribution is 0.684. The van der Waals surface area contributed by atoms with Gasteiger partial charge in [0.2, 0.25) is 0 Å². The van der Waals surface area contributed by atoms with Gasteiger partial charge in [-0.15, -0.1) is 0 Å². The summed E-state index contributed by atoms with van der Waals surface area (Å²) in [5.41, 5.74) is 9.26. The van der Waals surface area contributed by atoms with E-state index in [0.29, 0.717) is 0 Å². The first kappa shape index (κ1) is 32.0.